The van der Waals surface area contributed by atoms with Crippen molar-refractivity contribution in [3.8, 4) is 5.75 Å². The largest absolute Gasteiger partial charge is 0.545 e. The van der Waals surface area contributed by atoms with Crippen LogP contribution in [0, 0.1) is 0 Å². The summed E-state index contributed by atoms with van der Waals surface area (Å²) in [4.78, 5) is 11.0. The Morgan fingerprint density at radius 1 is 1.28 bits per heavy atom. The van der Waals surface area contributed by atoms with Gasteiger partial charge in [0.2, 0.25) is 0 Å². The minimum atomic E-state index is -1.08. The van der Waals surface area contributed by atoms with Crippen molar-refractivity contribution < 1.29 is 14.6 Å². The van der Waals surface area contributed by atoms with Crippen molar-refractivity contribution >= 4 is 12.0 Å². The summed E-state index contributed by atoms with van der Waals surface area (Å²) in [6, 6.07) is 7.29. The predicted molar refractivity (Wildman–Crippen MR) is 70.1 cm³/mol. The van der Waals surface area contributed by atoms with Gasteiger partial charge in [-0.05, 0) is 42.2 Å². The summed E-state index contributed by atoms with van der Waals surface area (Å²) in [7, 11) is 1.60. The number of carbonyl (C=O) groups is 1. The summed E-state index contributed by atoms with van der Waals surface area (Å²) >= 11 is 0. The summed E-state index contributed by atoms with van der Waals surface area (Å²) in [6.07, 6.45) is 5.22. The highest BCUT2D eigenvalue weighted by Crippen LogP contribution is 2.16. The molecule has 1 rings (SSSR count). The maximum atomic E-state index is 11.0. The predicted octanol–water partition coefficient (Wildman–Crippen LogP) is 2.41. The molecule has 1 aromatic rings. The van der Waals surface area contributed by atoms with E-state index in [9.17, 15) is 9.90 Å². The van der Waals surface area contributed by atoms with Crippen LogP contribution in [0.1, 0.15) is 38.2 Å². The number of carboxylic acid groups (broad SMARTS) is 1. The molecule has 0 aliphatic heterocycles. The molecule has 0 amide bonds. The highest BCUT2D eigenvalue weighted by Gasteiger charge is 2.00. The molecule has 0 unspecified atom stereocenters. The minimum Gasteiger partial charge on any atom is -0.545 e. The second-order valence-electron chi connectivity index (χ2n) is 4.19. The average molecular weight is 247 g/mol. The zero-order valence-electron chi connectivity index (χ0n) is 10.9. The molecule has 0 aliphatic rings. The van der Waals surface area contributed by atoms with Gasteiger partial charge in [0.1, 0.15) is 5.75 Å². The molecule has 0 saturated carbocycles. The number of ether oxygens (including phenoxy) is 1. The van der Waals surface area contributed by atoms with Crippen LogP contribution in [-0.2, 0) is 4.79 Å². The second kappa shape index (κ2) is 7.54. The van der Waals surface area contributed by atoms with E-state index < -0.39 is 5.97 Å². The van der Waals surface area contributed by atoms with Crippen LogP contribution in [0.4, 0.5) is 0 Å². The molecular weight excluding hydrogens is 228 g/mol. The first-order chi connectivity index (χ1) is 8.67. The second-order valence-corrected chi connectivity index (χ2v) is 4.19. The molecule has 0 aliphatic carbocycles. The van der Waals surface area contributed by atoms with Crippen LogP contribution in [0.2, 0.25) is 0 Å². The van der Waals surface area contributed by atoms with E-state index in [0.29, 0.717) is 12.0 Å². The van der Waals surface area contributed by atoms with E-state index in [1.54, 1.807) is 13.2 Å². The normalized spacial score (nSPS) is 11.3. The molecule has 0 saturated heterocycles. The highest BCUT2D eigenvalue weighted by atomic mass is 16.5. The molecule has 0 spiro atoms. The molecule has 1 aromatic carbocycles. The van der Waals surface area contributed by atoms with E-state index in [2.05, 4.69) is 6.92 Å². The van der Waals surface area contributed by atoms with Crippen LogP contribution in [0.3, 0.4) is 0 Å². The smallest absolute Gasteiger partial charge is 0.118 e. The van der Waals surface area contributed by atoms with Gasteiger partial charge in [-0.1, -0.05) is 31.9 Å². The van der Waals surface area contributed by atoms with Crippen molar-refractivity contribution in [1.29, 1.82) is 0 Å². The summed E-state index contributed by atoms with van der Waals surface area (Å²) in [5.74, 6) is -0.324. The first-order valence-corrected chi connectivity index (χ1v) is 6.23. The lowest BCUT2D eigenvalue weighted by molar-refractivity contribution is -0.299. The van der Waals surface area contributed by atoms with Gasteiger partial charge in [0.05, 0.1) is 13.1 Å². The number of hydrogen-bond acceptors (Lipinski definition) is 3. The van der Waals surface area contributed by atoms with Crippen molar-refractivity contribution in [2.45, 2.75) is 32.6 Å². The van der Waals surface area contributed by atoms with Gasteiger partial charge in [-0.3, -0.25) is 0 Å². The lowest BCUT2D eigenvalue weighted by Gasteiger charge is -2.08. The fourth-order valence-electron chi connectivity index (χ4n) is 1.70. The molecule has 0 heterocycles. The van der Waals surface area contributed by atoms with E-state index in [-0.39, 0.29) is 0 Å². The zero-order chi connectivity index (χ0) is 13.4. The van der Waals surface area contributed by atoms with E-state index in [1.807, 2.05) is 24.3 Å². The van der Waals surface area contributed by atoms with Crippen LogP contribution in [-0.4, -0.2) is 13.1 Å². The quantitative estimate of drug-likeness (QED) is 0.549. The Labute approximate surface area is 108 Å². The molecule has 0 N–H and O–H groups in total. The molecule has 0 fully saturated rings. The molecule has 0 aromatic heterocycles. The van der Waals surface area contributed by atoms with Crippen molar-refractivity contribution in [3.63, 3.8) is 0 Å². The Bertz CT molecular complexity index is 404. The number of unbranched alkanes of at least 4 members (excludes halogenated alkanes) is 2. The van der Waals surface area contributed by atoms with Gasteiger partial charge in [0, 0.05) is 0 Å². The van der Waals surface area contributed by atoms with E-state index in [1.165, 1.54) is 0 Å². The van der Waals surface area contributed by atoms with E-state index >= 15 is 0 Å². The molecule has 18 heavy (non-hydrogen) atoms. The maximum Gasteiger partial charge on any atom is 0.118 e. The Morgan fingerprint density at radius 3 is 2.44 bits per heavy atom. The fraction of sp³-hybridized carbons (Fsp3) is 0.400. The SMILES string of the molecule is CCCCCC(=Cc1ccc(OC)cc1)C(=O)[O-]. The van der Waals surface area contributed by atoms with Crippen molar-refractivity contribution in [2.24, 2.45) is 0 Å². The van der Waals surface area contributed by atoms with Gasteiger partial charge in [0.25, 0.3) is 0 Å². The number of aliphatic carboxylic acids is 1. The van der Waals surface area contributed by atoms with Gasteiger partial charge in [0.15, 0.2) is 0 Å². The fourth-order valence-corrected chi connectivity index (χ4v) is 1.70. The highest BCUT2D eigenvalue weighted by molar-refractivity contribution is 5.90. The van der Waals surface area contributed by atoms with Gasteiger partial charge < -0.3 is 14.6 Å². The molecule has 98 valence electrons. The van der Waals surface area contributed by atoms with E-state index in [0.717, 1.165) is 30.6 Å². The van der Waals surface area contributed by atoms with Crippen molar-refractivity contribution in [2.75, 3.05) is 7.11 Å². The first kappa shape index (κ1) is 14.3. The Hall–Kier alpha value is -1.77. The average Bonchev–Trinajstić information content (AvgIpc) is 2.38. The molecule has 3 heteroatoms. The van der Waals surface area contributed by atoms with Gasteiger partial charge >= 0.3 is 0 Å². The standard InChI is InChI=1S/C15H20O3/c1-3-4-5-6-13(15(16)17)11-12-7-9-14(18-2)10-8-12/h7-11H,3-6H2,1-2H3,(H,16,17)/p-1. The third kappa shape index (κ3) is 4.62. The van der Waals surface area contributed by atoms with Crippen LogP contribution in [0.5, 0.6) is 5.75 Å². The molecule has 0 bridgehead atoms. The molecule has 3 nitrogen and oxygen atoms in total. The number of carbonyl (C=O) groups excluding carboxylic acids is 1. The lowest BCUT2D eigenvalue weighted by Crippen LogP contribution is -2.24. The third-order valence-electron chi connectivity index (χ3n) is 2.77. The molecule has 0 atom stereocenters. The summed E-state index contributed by atoms with van der Waals surface area (Å²) < 4.78 is 5.05. The maximum absolute atomic E-state index is 11.0. The summed E-state index contributed by atoms with van der Waals surface area (Å²) in [6.45, 7) is 2.09. The monoisotopic (exact) mass is 247 g/mol. The Balaban J connectivity index is 2.76. The summed E-state index contributed by atoms with van der Waals surface area (Å²) in [5, 5.41) is 11.0. The Kier molecular flexibility index (Phi) is 5.98. The molecular formula is C15H19O3-. The van der Waals surface area contributed by atoms with Crippen molar-refractivity contribution in [3.05, 3.63) is 35.4 Å². The van der Waals surface area contributed by atoms with Crippen LogP contribution in [0.25, 0.3) is 6.08 Å². The third-order valence-corrected chi connectivity index (χ3v) is 2.77. The van der Waals surface area contributed by atoms with Crippen LogP contribution in [0.15, 0.2) is 29.8 Å². The number of benzene rings is 1. The molecule has 0 radical (unpaired) electrons. The number of rotatable bonds is 7. The lowest BCUT2D eigenvalue weighted by atomic mass is 10.0. The minimum absolute atomic E-state index is 0.355. The first-order valence-electron chi connectivity index (χ1n) is 6.23. The number of carboxylic acids is 1. The Morgan fingerprint density at radius 2 is 1.94 bits per heavy atom. The van der Waals surface area contributed by atoms with Gasteiger partial charge in [-0.25, -0.2) is 0 Å². The van der Waals surface area contributed by atoms with Gasteiger partial charge in [-0.2, -0.15) is 0 Å². The number of methoxy groups -OCH3 is 1. The van der Waals surface area contributed by atoms with Gasteiger partial charge in [-0.15, -0.1) is 0 Å². The van der Waals surface area contributed by atoms with E-state index in [4.69, 9.17) is 4.74 Å². The van der Waals surface area contributed by atoms with Crippen LogP contribution >= 0.6 is 0 Å². The summed E-state index contributed by atoms with van der Waals surface area (Å²) in [5.41, 5.74) is 1.21. The number of hydrogen-bond donors (Lipinski definition) is 0. The van der Waals surface area contributed by atoms with Crippen LogP contribution < -0.4 is 9.84 Å². The topological polar surface area (TPSA) is 49.4 Å². The van der Waals surface area contributed by atoms with Crippen molar-refractivity contribution in [1.82, 2.24) is 0 Å². The zero-order valence-corrected chi connectivity index (χ0v) is 10.9.